The van der Waals surface area contributed by atoms with Crippen molar-refractivity contribution >= 4 is 35.8 Å². The molecule has 0 aromatic heterocycles. The van der Waals surface area contributed by atoms with Gasteiger partial charge in [-0.2, -0.15) is 0 Å². The molecule has 7 heteroatoms. The van der Waals surface area contributed by atoms with Gasteiger partial charge >= 0.3 is 0 Å². The summed E-state index contributed by atoms with van der Waals surface area (Å²) in [5.74, 6) is 1.28. The molecule has 1 rings (SSSR count). The smallest absolute Gasteiger partial charge is 0.251 e. The third kappa shape index (κ3) is 11.5. The van der Waals surface area contributed by atoms with Crippen LogP contribution in [0.5, 0.6) is 0 Å². The van der Waals surface area contributed by atoms with Crippen LogP contribution in [0.2, 0.25) is 0 Å². The highest BCUT2D eigenvalue weighted by atomic mass is 127. The lowest BCUT2D eigenvalue weighted by atomic mass is 10.1. The maximum atomic E-state index is 12.3. The van der Waals surface area contributed by atoms with Gasteiger partial charge < -0.3 is 20.7 Å². The van der Waals surface area contributed by atoms with Crippen molar-refractivity contribution in [3.05, 3.63) is 35.4 Å². The summed E-state index contributed by atoms with van der Waals surface area (Å²) in [6.45, 7) is 11.3. The van der Waals surface area contributed by atoms with Crippen LogP contribution in [-0.2, 0) is 11.3 Å². The molecule has 0 aliphatic carbocycles. The number of halogens is 1. The number of rotatable bonds is 11. The lowest BCUT2D eigenvalue weighted by molar-refractivity contribution is 0.0939. The summed E-state index contributed by atoms with van der Waals surface area (Å²) in [4.78, 5) is 16.5. The van der Waals surface area contributed by atoms with Gasteiger partial charge in [-0.15, -0.1) is 24.0 Å². The Balaban J connectivity index is 0.00000729. The van der Waals surface area contributed by atoms with E-state index in [0.717, 1.165) is 44.1 Å². The maximum absolute atomic E-state index is 12.3. The standard InChI is InChI=1S/C21H36N4O2.HI/c1-6-17(4)25-20(26)19-10-7-9-18(13-19)14-24-21(22-5)23-11-8-12-27-15-16(2)3;/h7,9-10,13,16-17H,6,8,11-12,14-15H2,1-5H3,(H,25,26)(H2,22,23,24);1H. The highest BCUT2D eigenvalue weighted by Gasteiger charge is 2.09. The summed E-state index contributed by atoms with van der Waals surface area (Å²) in [7, 11) is 1.75. The highest BCUT2D eigenvalue weighted by Crippen LogP contribution is 2.06. The van der Waals surface area contributed by atoms with Crippen LogP contribution in [0.4, 0.5) is 0 Å². The molecule has 0 saturated carbocycles. The molecule has 1 amide bonds. The van der Waals surface area contributed by atoms with Gasteiger partial charge in [0, 0.05) is 45.0 Å². The van der Waals surface area contributed by atoms with Crippen LogP contribution in [-0.4, -0.2) is 44.7 Å². The Morgan fingerprint density at radius 2 is 1.96 bits per heavy atom. The third-order valence-corrected chi connectivity index (χ3v) is 4.07. The van der Waals surface area contributed by atoms with Gasteiger partial charge in [0.25, 0.3) is 5.91 Å². The predicted molar refractivity (Wildman–Crippen MR) is 128 cm³/mol. The predicted octanol–water partition coefficient (Wildman–Crippen LogP) is 3.56. The molecule has 0 heterocycles. The van der Waals surface area contributed by atoms with Crippen molar-refractivity contribution in [2.75, 3.05) is 26.8 Å². The Morgan fingerprint density at radius 3 is 2.61 bits per heavy atom. The maximum Gasteiger partial charge on any atom is 0.251 e. The molecule has 1 atom stereocenters. The molecule has 6 nitrogen and oxygen atoms in total. The zero-order chi connectivity index (χ0) is 20.1. The van der Waals surface area contributed by atoms with Crippen molar-refractivity contribution in [3.8, 4) is 0 Å². The van der Waals surface area contributed by atoms with Gasteiger partial charge in [0.15, 0.2) is 5.96 Å². The fraction of sp³-hybridized carbons (Fsp3) is 0.619. The van der Waals surface area contributed by atoms with Crippen LogP contribution < -0.4 is 16.0 Å². The molecule has 0 aliphatic rings. The number of carbonyl (C=O) groups excluding carboxylic acids is 1. The topological polar surface area (TPSA) is 74.8 Å². The lowest BCUT2D eigenvalue weighted by Crippen LogP contribution is -2.37. The Labute approximate surface area is 187 Å². The first-order chi connectivity index (χ1) is 13.0. The number of carbonyl (C=O) groups is 1. The van der Waals surface area contributed by atoms with Crippen LogP contribution in [0.1, 0.15) is 56.5 Å². The zero-order valence-corrected chi connectivity index (χ0v) is 20.2. The summed E-state index contributed by atoms with van der Waals surface area (Å²) in [6.07, 6.45) is 1.84. The first-order valence-electron chi connectivity index (χ1n) is 9.88. The summed E-state index contributed by atoms with van der Waals surface area (Å²) in [5, 5.41) is 9.55. The van der Waals surface area contributed by atoms with E-state index in [1.807, 2.05) is 31.2 Å². The second-order valence-electron chi connectivity index (χ2n) is 7.16. The Bertz CT molecular complexity index is 594. The van der Waals surface area contributed by atoms with Gasteiger partial charge in [0.05, 0.1) is 0 Å². The van der Waals surface area contributed by atoms with E-state index >= 15 is 0 Å². The second-order valence-corrected chi connectivity index (χ2v) is 7.16. The van der Waals surface area contributed by atoms with E-state index < -0.39 is 0 Å². The number of aliphatic imine (C=N–C) groups is 1. The Morgan fingerprint density at radius 1 is 1.21 bits per heavy atom. The Hall–Kier alpha value is -1.35. The number of guanidine groups is 1. The summed E-state index contributed by atoms with van der Waals surface area (Å²) < 4.78 is 5.57. The van der Waals surface area contributed by atoms with Gasteiger partial charge in [-0.25, -0.2) is 0 Å². The van der Waals surface area contributed by atoms with Crippen molar-refractivity contribution in [3.63, 3.8) is 0 Å². The fourth-order valence-corrected chi connectivity index (χ4v) is 2.34. The number of hydrogen-bond donors (Lipinski definition) is 3. The minimum Gasteiger partial charge on any atom is -0.381 e. The van der Waals surface area contributed by atoms with Crippen LogP contribution in [0.15, 0.2) is 29.3 Å². The largest absolute Gasteiger partial charge is 0.381 e. The molecule has 1 unspecified atom stereocenters. The average molecular weight is 504 g/mol. The number of ether oxygens (including phenoxy) is 1. The molecule has 1 aromatic carbocycles. The first kappa shape index (κ1) is 26.6. The Kier molecular flexibility index (Phi) is 14.8. The molecule has 3 N–H and O–H groups in total. The lowest BCUT2D eigenvalue weighted by Gasteiger charge is -2.14. The molecule has 0 saturated heterocycles. The van der Waals surface area contributed by atoms with Gasteiger partial charge in [-0.1, -0.05) is 32.9 Å². The highest BCUT2D eigenvalue weighted by molar-refractivity contribution is 14.0. The van der Waals surface area contributed by atoms with E-state index in [1.165, 1.54) is 0 Å². The SMILES string of the molecule is CCC(C)NC(=O)c1cccc(CNC(=NC)NCCCOCC(C)C)c1.I. The normalized spacial score (nSPS) is 12.3. The average Bonchev–Trinajstić information content (AvgIpc) is 2.66. The van der Waals surface area contributed by atoms with Crippen molar-refractivity contribution in [2.45, 2.75) is 53.1 Å². The van der Waals surface area contributed by atoms with E-state index in [2.05, 4.69) is 41.7 Å². The summed E-state index contributed by atoms with van der Waals surface area (Å²) in [6, 6.07) is 7.83. The number of nitrogens with one attached hydrogen (secondary N) is 3. The minimum absolute atomic E-state index is 0. The van der Waals surface area contributed by atoms with E-state index in [4.69, 9.17) is 4.74 Å². The number of benzene rings is 1. The van der Waals surface area contributed by atoms with E-state index in [0.29, 0.717) is 18.0 Å². The van der Waals surface area contributed by atoms with Gasteiger partial charge in [-0.3, -0.25) is 9.79 Å². The molecule has 0 radical (unpaired) electrons. The number of hydrogen-bond acceptors (Lipinski definition) is 3. The van der Waals surface area contributed by atoms with Crippen molar-refractivity contribution in [2.24, 2.45) is 10.9 Å². The third-order valence-electron chi connectivity index (χ3n) is 4.07. The molecule has 28 heavy (non-hydrogen) atoms. The zero-order valence-electron chi connectivity index (χ0n) is 17.9. The monoisotopic (exact) mass is 504 g/mol. The van der Waals surface area contributed by atoms with Crippen LogP contribution in [0.25, 0.3) is 0 Å². The van der Waals surface area contributed by atoms with E-state index in [-0.39, 0.29) is 35.9 Å². The summed E-state index contributed by atoms with van der Waals surface area (Å²) >= 11 is 0. The van der Waals surface area contributed by atoms with E-state index in [1.54, 1.807) is 7.05 Å². The molecule has 0 fully saturated rings. The van der Waals surface area contributed by atoms with Gasteiger partial charge in [-0.05, 0) is 43.4 Å². The summed E-state index contributed by atoms with van der Waals surface area (Å²) in [5.41, 5.74) is 1.72. The fourth-order valence-electron chi connectivity index (χ4n) is 2.34. The molecule has 0 spiro atoms. The molecular weight excluding hydrogens is 467 g/mol. The van der Waals surface area contributed by atoms with Crippen molar-refractivity contribution < 1.29 is 9.53 Å². The molecule has 1 aromatic rings. The van der Waals surface area contributed by atoms with Crippen molar-refractivity contribution in [1.29, 1.82) is 0 Å². The van der Waals surface area contributed by atoms with Gasteiger partial charge in [0.2, 0.25) is 0 Å². The van der Waals surface area contributed by atoms with Crippen LogP contribution in [0.3, 0.4) is 0 Å². The number of amides is 1. The molecule has 0 bridgehead atoms. The first-order valence-corrected chi connectivity index (χ1v) is 9.88. The van der Waals surface area contributed by atoms with Gasteiger partial charge in [0.1, 0.15) is 0 Å². The quantitative estimate of drug-likeness (QED) is 0.187. The van der Waals surface area contributed by atoms with Crippen LogP contribution in [0, 0.1) is 5.92 Å². The second kappa shape index (κ2) is 15.6. The molecule has 160 valence electrons. The molecule has 0 aliphatic heterocycles. The van der Waals surface area contributed by atoms with Crippen LogP contribution >= 0.6 is 24.0 Å². The number of nitrogens with zero attached hydrogens (tertiary/aromatic N) is 1. The van der Waals surface area contributed by atoms with E-state index in [9.17, 15) is 4.79 Å². The minimum atomic E-state index is -0.0323. The van der Waals surface area contributed by atoms with Crippen molar-refractivity contribution in [1.82, 2.24) is 16.0 Å². The molecular formula is C21H37IN4O2.